The average Bonchev–Trinajstić information content (AvgIpc) is 3.54. The van der Waals surface area contributed by atoms with Crippen LogP contribution in [0.1, 0.15) is 35.1 Å². The van der Waals surface area contributed by atoms with E-state index in [9.17, 15) is 13.2 Å². The number of halogens is 3. The molecule has 0 N–H and O–H groups in total. The molecule has 0 unspecified atom stereocenters. The van der Waals surface area contributed by atoms with Gasteiger partial charge in [0.25, 0.3) is 0 Å². The first kappa shape index (κ1) is 22.2. The van der Waals surface area contributed by atoms with Gasteiger partial charge in [0.15, 0.2) is 5.65 Å². The summed E-state index contributed by atoms with van der Waals surface area (Å²) in [4.78, 5) is 16.5. The van der Waals surface area contributed by atoms with Gasteiger partial charge in [0.05, 0.1) is 25.5 Å². The molecule has 182 valence electrons. The third-order valence-electron chi connectivity index (χ3n) is 6.43. The topological polar surface area (TPSA) is 87.3 Å². The van der Waals surface area contributed by atoms with Gasteiger partial charge in [-0.3, -0.25) is 4.98 Å². The Morgan fingerprint density at radius 2 is 1.81 bits per heavy atom. The number of rotatable bonds is 5. The van der Waals surface area contributed by atoms with Crippen molar-refractivity contribution in [3.05, 3.63) is 71.9 Å². The number of hydrogen-bond donors (Lipinski definition) is 0. The van der Waals surface area contributed by atoms with E-state index in [2.05, 4.69) is 25.0 Å². The van der Waals surface area contributed by atoms with E-state index in [1.807, 2.05) is 24.3 Å². The van der Waals surface area contributed by atoms with Crippen molar-refractivity contribution >= 4 is 16.4 Å². The van der Waals surface area contributed by atoms with Crippen LogP contribution in [0.5, 0.6) is 11.9 Å². The Hall–Kier alpha value is -4.28. The van der Waals surface area contributed by atoms with Crippen LogP contribution in [-0.2, 0) is 6.18 Å². The third-order valence-corrected chi connectivity index (χ3v) is 6.43. The fourth-order valence-electron chi connectivity index (χ4n) is 4.58. The number of nitrogens with zero attached hydrogens (tertiary/aromatic N) is 6. The minimum absolute atomic E-state index is 0.128. The first-order valence-electron chi connectivity index (χ1n) is 11.1. The number of pyridine rings is 1. The summed E-state index contributed by atoms with van der Waals surface area (Å²) >= 11 is 0. The molecule has 2 atom stereocenters. The van der Waals surface area contributed by atoms with Crippen LogP contribution < -0.4 is 9.47 Å². The van der Waals surface area contributed by atoms with Crippen molar-refractivity contribution in [2.75, 3.05) is 14.2 Å². The molecule has 6 rings (SSSR count). The molecule has 0 bridgehead atoms. The second-order valence-electron chi connectivity index (χ2n) is 8.58. The molecular weight excluding hydrogens is 473 g/mol. The normalized spacial score (nSPS) is 17.5. The van der Waals surface area contributed by atoms with E-state index in [4.69, 9.17) is 9.47 Å². The lowest BCUT2D eigenvalue weighted by molar-refractivity contribution is -0.141. The molecule has 4 aromatic heterocycles. The van der Waals surface area contributed by atoms with Crippen molar-refractivity contribution in [3.63, 3.8) is 0 Å². The van der Waals surface area contributed by atoms with Gasteiger partial charge in [-0.25, -0.2) is 14.5 Å². The Bertz CT molecular complexity index is 1620. The molecule has 0 aliphatic heterocycles. The fourth-order valence-corrected chi connectivity index (χ4v) is 4.58. The Kier molecular flexibility index (Phi) is 5.02. The smallest absolute Gasteiger partial charge is 0.433 e. The van der Waals surface area contributed by atoms with Crippen molar-refractivity contribution in [1.29, 1.82) is 0 Å². The predicted octanol–water partition coefficient (Wildman–Crippen LogP) is 5.04. The summed E-state index contributed by atoms with van der Waals surface area (Å²) in [6.07, 6.45) is 2.65. The van der Waals surface area contributed by atoms with Gasteiger partial charge in [0.2, 0.25) is 5.88 Å². The van der Waals surface area contributed by atoms with Crippen molar-refractivity contribution in [2.24, 2.45) is 0 Å². The largest absolute Gasteiger partial charge is 0.480 e. The van der Waals surface area contributed by atoms with Crippen molar-refractivity contribution in [1.82, 2.24) is 29.5 Å². The van der Waals surface area contributed by atoms with E-state index in [0.29, 0.717) is 27.9 Å². The summed E-state index contributed by atoms with van der Waals surface area (Å²) in [5.74, 6) is 0.598. The third kappa shape index (κ3) is 3.76. The molecule has 0 amide bonds. The highest BCUT2D eigenvalue weighted by atomic mass is 19.4. The number of benzene rings is 1. The van der Waals surface area contributed by atoms with Crippen LogP contribution in [0.4, 0.5) is 13.2 Å². The van der Waals surface area contributed by atoms with Crippen LogP contribution >= 0.6 is 0 Å². The Morgan fingerprint density at radius 3 is 2.58 bits per heavy atom. The van der Waals surface area contributed by atoms with Gasteiger partial charge in [0, 0.05) is 35.7 Å². The zero-order valence-corrected chi connectivity index (χ0v) is 19.2. The maximum Gasteiger partial charge on any atom is 0.433 e. The SMILES string of the molecule is COc1ncc(-c2cc([C@H]3C[C@@H]3c3ccc4cnc(C(F)(F)F)cc4c3)c3nccn3n2)c(OC)n1. The maximum absolute atomic E-state index is 13.2. The highest BCUT2D eigenvalue weighted by Gasteiger charge is 2.41. The maximum atomic E-state index is 13.2. The summed E-state index contributed by atoms with van der Waals surface area (Å²) < 4.78 is 51.7. The number of aromatic nitrogens is 6. The van der Waals surface area contributed by atoms with Crippen LogP contribution in [0.2, 0.25) is 0 Å². The molecule has 1 aliphatic rings. The van der Waals surface area contributed by atoms with Crippen LogP contribution in [0.15, 0.2) is 55.1 Å². The van der Waals surface area contributed by atoms with Gasteiger partial charge in [-0.2, -0.15) is 23.3 Å². The number of ether oxygens (including phenoxy) is 2. The summed E-state index contributed by atoms with van der Waals surface area (Å²) in [5.41, 5.74) is 3.00. The first-order valence-corrected chi connectivity index (χ1v) is 11.1. The van der Waals surface area contributed by atoms with Crippen molar-refractivity contribution in [2.45, 2.75) is 24.4 Å². The lowest BCUT2D eigenvalue weighted by Crippen LogP contribution is -2.07. The van der Waals surface area contributed by atoms with Gasteiger partial charge < -0.3 is 9.47 Å². The minimum Gasteiger partial charge on any atom is -0.480 e. The zero-order valence-electron chi connectivity index (χ0n) is 19.2. The van der Waals surface area contributed by atoms with E-state index < -0.39 is 11.9 Å². The summed E-state index contributed by atoms with van der Waals surface area (Å²) in [6.45, 7) is 0. The van der Waals surface area contributed by atoms with Crippen LogP contribution in [0, 0.1) is 0 Å². The average molecular weight is 492 g/mol. The monoisotopic (exact) mass is 492 g/mol. The first-order chi connectivity index (χ1) is 17.4. The predicted molar refractivity (Wildman–Crippen MR) is 124 cm³/mol. The van der Waals surface area contributed by atoms with Crippen LogP contribution in [0.3, 0.4) is 0 Å². The molecule has 1 aromatic carbocycles. The lowest BCUT2D eigenvalue weighted by atomic mass is 10.0. The molecule has 36 heavy (non-hydrogen) atoms. The van der Waals surface area contributed by atoms with Gasteiger partial charge in [-0.1, -0.05) is 18.2 Å². The number of alkyl halides is 3. The van der Waals surface area contributed by atoms with Gasteiger partial charge >= 0.3 is 12.2 Å². The Morgan fingerprint density at radius 1 is 0.944 bits per heavy atom. The summed E-state index contributed by atoms with van der Waals surface area (Å²) in [7, 11) is 2.99. The van der Waals surface area contributed by atoms with Gasteiger partial charge in [-0.15, -0.1) is 0 Å². The molecule has 1 fully saturated rings. The number of imidazole rings is 1. The van der Waals surface area contributed by atoms with Crippen LogP contribution in [0.25, 0.3) is 27.7 Å². The Balaban J connectivity index is 1.39. The van der Waals surface area contributed by atoms with E-state index in [0.717, 1.165) is 29.3 Å². The lowest BCUT2D eigenvalue weighted by Gasteiger charge is -2.11. The van der Waals surface area contributed by atoms with Crippen LogP contribution in [-0.4, -0.2) is 43.8 Å². The minimum atomic E-state index is -4.49. The number of fused-ring (bicyclic) bond motifs is 2. The van der Waals surface area contributed by atoms with E-state index in [-0.39, 0.29) is 17.8 Å². The molecule has 0 spiro atoms. The molecule has 4 heterocycles. The molecule has 8 nitrogen and oxygen atoms in total. The van der Waals surface area contributed by atoms with Crippen molar-refractivity contribution < 1.29 is 22.6 Å². The number of hydrogen-bond acceptors (Lipinski definition) is 7. The second kappa shape index (κ2) is 8.14. The quantitative estimate of drug-likeness (QED) is 0.340. The molecule has 5 aromatic rings. The van der Waals surface area contributed by atoms with E-state index in [1.54, 1.807) is 23.1 Å². The second-order valence-corrected chi connectivity index (χ2v) is 8.58. The van der Waals surface area contributed by atoms with Gasteiger partial charge in [0.1, 0.15) is 5.69 Å². The molecule has 11 heteroatoms. The van der Waals surface area contributed by atoms with Crippen molar-refractivity contribution in [3.8, 4) is 23.1 Å². The summed E-state index contributed by atoms with van der Waals surface area (Å²) in [6, 6.07) is 8.82. The standard InChI is InChI=1S/C25H19F3N6O2/c1-35-23-19(12-31-24(32-23)36-2)20-10-18(22-29-5-6-34(22)33-20)17-9-16(17)13-3-4-14-11-30-21(25(26,27)28)8-15(14)7-13/h3-8,10-12,16-17H,9H2,1-2H3/t16-,17+/m1/s1. The zero-order chi connectivity index (χ0) is 25.0. The molecule has 0 radical (unpaired) electrons. The molecular formula is C25H19F3N6O2. The van der Waals surface area contributed by atoms with E-state index in [1.165, 1.54) is 20.4 Å². The van der Waals surface area contributed by atoms with Gasteiger partial charge in [-0.05, 0) is 41.3 Å². The molecule has 1 saturated carbocycles. The Labute approximate surface area is 202 Å². The highest BCUT2D eigenvalue weighted by molar-refractivity contribution is 5.83. The molecule has 0 saturated heterocycles. The molecule has 1 aliphatic carbocycles. The summed E-state index contributed by atoms with van der Waals surface area (Å²) in [5, 5.41) is 5.83. The fraction of sp³-hybridized carbons (Fsp3) is 0.240. The van der Waals surface area contributed by atoms with E-state index >= 15 is 0 Å². The highest BCUT2D eigenvalue weighted by Crippen LogP contribution is 2.56. The number of methoxy groups -OCH3 is 2.